The molecule has 1 heterocycles. The van der Waals surface area contributed by atoms with E-state index in [1.165, 1.54) is 25.3 Å². The summed E-state index contributed by atoms with van der Waals surface area (Å²) in [5, 5.41) is 3.01. The Morgan fingerprint density at radius 1 is 1.12 bits per heavy atom. The van der Waals surface area contributed by atoms with Gasteiger partial charge in [0.2, 0.25) is 0 Å². The highest BCUT2D eigenvalue weighted by Gasteiger charge is 2.17. The third-order valence-corrected chi connectivity index (χ3v) is 3.98. The Morgan fingerprint density at radius 3 is 2.50 bits per heavy atom. The summed E-state index contributed by atoms with van der Waals surface area (Å²) >= 11 is 0. The van der Waals surface area contributed by atoms with Crippen molar-refractivity contribution in [3.05, 3.63) is 70.4 Å². The Hall–Kier alpha value is -3.02. The van der Waals surface area contributed by atoms with Gasteiger partial charge in [-0.05, 0) is 31.2 Å². The molecule has 24 heavy (non-hydrogen) atoms. The highest BCUT2D eigenvalue weighted by molar-refractivity contribution is 5.67. The molecule has 0 bridgehead atoms. The number of benzene rings is 2. The topological polar surface area (TPSA) is 48.2 Å². The van der Waals surface area contributed by atoms with Crippen molar-refractivity contribution in [2.24, 2.45) is 7.05 Å². The number of methoxy groups -OCH3 is 1. The largest absolute Gasteiger partial charge is 0.495 e. The number of hydrogen-bond donors (Lipinski definition) is 1. The zero-order valence-electron chi connectivity index (χ0n) is 13.7. The Balaban J connectivity index is 2.11. The molecule has 3 aromatic rings. The Bertz CT molecular complexity index is 929. The number of anilines is 2. The average molecular weight is 327 g/mol. The maximum Gasteiger partial charge on any atom is 0.295 e. The molecule has 1 N–H and O–H groups in total. The fourth-order valence-electron chi connectivity index (χ4n) is 2.62. The minimum Gasteiger partial charge on any atom is -0.495 e. The predicted molar refractivity (Wildman–Crippen MR) is 92.0 cm³/mol. The number of nitrogens with zero attached hydrogens (tertiary/aromatic N) is 2. The summed E-state index contributed by atoms with van der Waals surface area (Å²) < 4.78 is 22.1. The molecule has 5 nitrogen and oxygen atoms in total. The Kier molecular flexibility index (Phi) is 4.12. The van der Waals surface area contributed by atoms with Crippen molar-refractivity contribution in [1.82, 2.24) is 9.36 Å². The van der Waals surface area contributed by atoms with E-state index in [1.54, 1.807) is 16.4 Å². The average Bonchev–Trinajstić information content (AvgIpc) is 2.79. The van der Waals surface area contributed by atoms with E-state index in [0.717, 1.165) is 11.4 Å². The first kappa shape index (κ1) is 15.9. The predicted octanol–water partition coefficient (Wildman–Crippen LogP) is 3.38. The Morgan fingerprint density at radius 2 is 1.83 bits per heavy atom. The van der Waals surface area contributed by atoms with Crippen LogP contribution in [0.2, 0.25) is 0 Å². The van der Waals surface area contributed by atoms with E-state index in [2.05, 4.69) is 5.32 Å². The molecule has 0 saturated heterocycles. The third-order valence-electron chi connectivity index (χ3n) is 3.98. The molecule has 0 aliphatic heterocycles. The summed E-state index contributed by atoms with van der Waals surface area (Å²) in [4.78, 5) is 12.8. The van der Waals surface area contributed by atoms with E-state index < -0.39 is 5.82 Å². The lowest BCUT2D eigenvalue weighted by molar-refractivity contribution is 0.416. The number of rotatable bonds is 4. The van der Waals surface area contributed by atoms with E-state index in [9.17, 15) is 9.18 Å². The van der Waals surface area contributed by atoms with Crippen LogP contribution in [-0.2, 0) is 7.05 Å². The molecule has 6 heteroatoms. The first-order valence-electron chi connectivity index (χ1n) is 7.47. The summed E-state index contributed by atoms with van der Waals surface area (Å²) in [5.74, 6) is 0.0561. The van der Waals surface area contributed by atoms with Gasteiger partial charge in [-0.15, -0.1) is 0 Å². The fourth-order valence-corrected chi connectivity index (χ4v) is 2.62. The van der Waals surface area contributed by atoms with Crippen LogP contribution in [0.1, 0.15) is 5.69 Å². The maximum absolute atomic E-state index is 13.6. The molecule has 124 valence electrons. The molecule has 0 radical (unpaired) electrons. The van der Waals surface area contributed by atoms with Gasteiger partial charge < -0.3 is 10.1 Å². The van der Waals surface area contributed by atoms with Crippen molar-refractivity contribution in [3.8, 4) is 11.4 Å². The minimum absolute atomic E-state index is 0.215. The van der Waals surface area contributed by atoms with Crippen molar-refractivity contribution in [3.63, 3.8) is 0 Å². The third kappa shape index (κ3) is 2.67. The molecule has 0 spiro atoms. The van der Waals surface area contributed by atoms with Gasteiger partial charge in [-0.1, -0.05) is 18.2 Å². The van der Waals surface area contributed by atoms with Gasteiger partial charge in [0.1, 0.15) is 17.3 Å². The number of halogens is 1. The molecule has 0 saturated carbocycles. The van der Waals surface area contributed by atoms with E-state index >= 15 is 0 Å². The van der Waals surface area contributed by atoms with E-state index in [0.29, 0.717) is 17.1 Å². The summed E-state index contributed by atoms with van der Waals surface area (Å²) in [7, 11) is 3.30. The molecule has 1 aromatic heterocycles. The van der Waals surface area contributed by atoms with Crippen LogP contribution in [0, 0.1) is 12.7 Å². The lowest BCUT2D eigenvalue weighted by Crippen LogP contribution is -2.20. The zero-order valence-corrected chi connectivity index (χ0v) is 13.7. The highest BCUT2D eigenvalue weighted by Crippen LogP contribution is 2.28. The monoisotopic (exact) mass is 327 g/mol. The SMILES string of the molecule is COc1ccc(F)cc1Nc1c(C)n(C)n(-c2ccccc2)c1=O. The number of nitrogens with one attached hydrogen (secondary N) is 1. The molecule has 0 aliphatic carbocycles. The maximum atomic E-state index is 13.6. The highest BCUT2D eigenvalue weighted by atomic mass is 19.1. The number of hydrogen-bond acceptors (Lipinski definition) is 3. The van der Waals surface area contributed by atoms with Crippen LogP contribution in [0.25, 0.3) is 5.69 Å². The fraction of sp³-hybridized carbons (Fsp3) is 0.167. The van der Waals surface area contributed by atoms with Gasteiger partial charge in [0, 0.05) is 13.1 Å². The van der Waals surface area contributed by atoms with Gasteiger partial charge in [-0.2, -0.15) is 0 Å². The van der Waals surface area contributed by atoms with Gasteiger partial charge in [0.05, 0.1) is 24.2 Å². The van der Waals surface area contributed by atoms with Crippen LogP contribution in [-0.4, -0.2) is 16.5 Å². The summed E-state index contributed by atoms with van der Waals surface area (Å²) in [6.07, 6.45) is 0. The molecular weight excluding hydrogens is 309 g/mol. The van der Waals surface area contributed by atoms with Crippen LogP contribution in [0.3, 0.4) is 0 Å². The molecule has 0 aliphatic rings. The Labute approximate surface area is 138 Å². The first-order chi connectivity index (χ1) is 11.5. The number of ether oxygens (including phenoxy) is 1. The van der Waals surface area contributed by atoms with Crippen LogP contribution in [0.5, 0.6) is 5.75 Å². The number of aromatic nitrogens is 2. The first-order valence-corrected chi connectivity index (χ1v) is 7.47. The van der Waals surface area contributed by atoms with Crippen LogP contribution in [0.15, 0.2) is 53.3 Å². The second-order valence-electron chi connectivity index (χ2n) is 5.41. The van der Waals surface area contributed by atoms with Crippen LogP contribution >= 0.6 is 0 Å². The second-order valence-corrected chi connectivity index (χ2v) is 5.41. The van der Waals surface area contributed by atoms with Crippen molar-refractivity contribution >= 4 is 11.4 Å². The zero-order chi connectivity index (χ0) is 17.3. The summed E-state index contributed by atoms with van der Waals surface area (Å²) in [5.41, 5.74) is 2.06. The van der Waals surface area contributed by atoms with Crippen molar-refractivity contribution in [1.29, 1.82) is 0 Å². The van der Waals surface area contributed by atoms with E-state index in [4.69, 9.17) is 4.74 Å². The molecule has 0 atom stereocenters. The van der Waals surface area contributed by atoms with Gasteiger partial charge in [-0.25, -0.2) is 9.07 Å². The standard InChI is InChI=1S/C18H18FN3O2/c1-12-17(20-15-11-13(19)9-10-16(15)24-3)18(23)22(21(12)2)14-7-5-4-6-8-14/h4-11,20H,1-3H3. The molecule has 0 fully saturated rings. The molecule has 2 aromatic carbocycles. The molecule has 3 rings (SSSR count). The smallest absolute Gasteiger partial charge is 0.295 e. The van der Waals surface area contributed by atoms with Crippen molar-refractivity contribution < 1.29 is 9.13 Å². The minimum atomic E-state index is -0.407. The lowest BCUT2D eigenvalue weighted by atomic mass is 10.2. The van der Waals surface area contributed by atoms with Crippen LogP contribution < -0.4 is 15.6 Å². The lowest BCUT2D eigenvalue weighted by Gasteiger charge is -2.10. The van der Waals surface area contributed by atoms with Crippen molar-refractivity contribution in [2.45, 2.75) is 6.92 Å². The van der Waals surface area contributed by atoms with E-state index in [1.807, 2.05) is 37.3 Å². The van der Waals surface area contributed by atoms with E-state index in [-0.39, 0.29) is 5.56 Å². The summed E-state index contributed by atoms with van der Waals surface area (Å²) in [6.45, 7) is 1.83. The van der Waals surface area contributed by atoms with Gasteiger partial charge in [0.25, 0.3) is 5.56 Å². The van der Waals surface area contributed by atoms with Crippen LogP contribution in [0.4, 0.5) is 15.8 Å². The quantitative estimate of drug-likeness (QED) is 0.799. The second kappa shape index (κ2) is 6.23. The molecule has 0 unspecified atom stereocenters. The normalized spacial score (nSPS) is 10.7. The van der Waals surface area contributed by atoms with Gasteiger partial charge >= 0.3 is 0 Å². The summed E-state index contributed by atoms with van der Waals surface area (Å²) in [6, 6.07) is 13.5. The molecular formula is C18H18FN3O2. The van der Waals surface area contributed by atoms with Gasteiger partial charge in [-0.3, -0.25) is 9.48 Å². The van der Waals surface area contributed by atoms with Crippen molar-refractivity contribution in [2.75, 3.05) is 12.4 Å². The van der Waals surface area contributed by atoms with Gasteiger partial charge in [0.15, 0.2) is 0 Å². The number of para-hydroxylation sites is 1. The molecule has 0 amide bonds.